The Bertz CT molecular complexity index is 547. The third-order valence-corrected chi connectivity index (χ3v) is 4.90. The van der Waals surface area contributed by atoms with Crippen molar-refractivity contribution < 1.29 is 9.59 Å². The average Bonchev–Trinajstić information content (AvgIpc) is 2.64. The Morgan fingerprint density at radius 1 is 1.20 bits per heavy atom. The van der Waals surface area contributed by atoms with Gasteiger partial charge in [0.15, 0.2) is 0 Å². The van der Waals surface area contributed by atoms with Gasteiger partial charge in [-0.05, 0) is 37.8 Å². The van der Waals surface area contributed by atoms with E-state index in [0.717, 1.165) is 45.2 Å². The van der Waals surface area contributed by atoms with Crippen molar-refractivity contribution in [3.8, 4) is 0 Å². The van der Waals surface area contributed by atoms with Crippen LogP contribution in [0.2, 0.25) is 0 Å². The molecule has 2 rings (SSSR count). The number of hydrogen-bond acceptors (Lipinski definition) is 3. The highest BCUT2D eigenvalue weighted by atomic mass is 16.2. The number of benzene rings is 1. The minimum Gasteiger partial charge on any atom is -0.369 e. The molecule has 5 nitrogen and oxygen atoms in total. The normalized spacial score (nSPS) is 17.2. The first-order valence-electron chi connectivity index (χ1n) is 9.38. The average molecular weight is 345 g/mol. The topological polar surface area (TPSA) is 52.7 Å². The molecule has 1 fully saturated rings. The van der Waals surface area contributed by atoms with E-state index in [2.05, 4.69) is 34.5 Å². The molecule has 1 aromatic carbocycles. The highest BCUT2D eigenvalue weighted by Gasteiger charge is 2.25. The van der Waals surface area contributed by atoms with Crippen LogP contribution in [-0.2, 0) is 9.59 Å². The van der Waals surface area contributed by atoms with Crippen LogP contribution in [0.15, 0.2) is 30.3 Å². The van der Waals surface area contributed by atoms with Crippen LogP contribution < -0.4 is 10.2 Å². The Labute approximate surface area is 151 Å². The summed E-state index contributed by atoms with van der Waals surface area (Å²) in [5.41, 5.74) is 1.24. The molecule has 1 N–H and O–H groups in total. The van der Waals surface area contributed by atoms with Crippen molar-refractivity contribution in [2.24, 2.45) is 0 Å². The lowest BCUT2D eigenvalue weighted by Gasteiger charge is -2.39. The number of piperidine rings is 1. The lowest BCUT2D eigenvalue weighted by molar-refractivity contribution is -0.132. The number of likely N-dealkylation sites (N-methyl/N-ethyl adjacent to an activating group) is 1. The van der Waals surface area contributed by atoms with Crippen LogP contribution >= 0.6 is 0 Å². The molecule has 0 bridgehead atoms. The summed E-state index contributed by atoms with van der Waals surface area (Å²) in [6.07, 6.45) is 5.58. The van der Waals surface area contributed by atoms with Gasteiger partial charge in [0.1, 0.15) is 0 Å². The van der Waals surface area contributed by atoms with Gasteiger partial charge in [0.05, 0.1) is 0 Å². The largest absolute Gasteiger partial charge is 0.369 e. The fraction of sp³-hybridized carbons (Fsp3) is 0.600. The Hall–Kier alpha value is -2.04. The van der Waals surface area contributed by atoms with Gasteiger partial charge in [0, 0.05) is 51.8 Å². The van der Waals surface area contributed by atoms with E-state index in [1.807, 2.05) is 18.0 Å². The van der Waals surface area contributed by atoms with E-state index in [0.29, 0.717) is 19.0 Å². The molecule has 138 valence electrons. The van der Waals surface area contributed by atoms with Crippen molar-refractivity contribution >= 4 is 17.5 Å². The number of para-hydroxylation sites is 1. The van der Waals surface area contributed by atoms with Gasteiger partial charge < -0.3 is 15.1 Å². The van der Waals surface area contributed by atoms with Gasteiger partial charge in [-0.25, -0.2) is 0 Å². The Morgan fingerprint density at radius 2 is 1.96 bits per heavy atom. The number of nitrogens with zero attached hydrogens (tertiary/aromatic N) is 2. The second-order valence-electron chi connectivity index (χ2n) is 6.88. The van der Waals surface area contributed by atoms with Gasteiger partial charge in [-0.15, -0.1) is 0 Å². The summed E-state index contributed by atoms with van der Waals surface area (Å²) >= 11 is 0. The molecule has 0 radical (unpaired) electrons. The number of nitrogens with one attached hydrogen (secondary N) is 1. The molecule has 0 aliphatic carbocycles. The Kier molecular flexibility index (Phi) is 7.76. The van der Waals surface area contributed by atoms with Gasteiger partial charge in [-0.3, -0.25) is 9.59 Å². The number of anilines is 1. The zero-order valence-corrected chi connectivity index (χ0v) is 15.5. The predicted octanol–water partition coefficient (Wildman–Crippen LogP) is 2.81. The van der Waals surface area contributed by atoms with Crippen LogP contribution in [0.5, 0.6) is 0 Å². The van der Waals surface area contributed by atoms with Crippen molar-refractivity contribution in [2.45, 2.75) is 51.5 Å². The molecule has 1 heterocycles. The van der Waals surface area contributed by atoms with E-state index in [1.54, 1.807) is 0 Å². The quantitative estimate of drug-likeness (QED) is 0.737. The maximum Gasteiger partial charge on any atom is 0.222 e. The minimum atomic E-state index is 0.0103. The van der Waals surface area contributed by atoms with E-state index in [9.17, 15) is 9.59 Å². The lowest BCUT2D eigenvalue weighted by Crippen LogP contribution is -2.48. The van der Waals surface area contributed by atoms with E-state index in [-0.39, 0.29) is 11.8 Å². The number of rotatable bonds is 8. The second kappa shape index (κ2) is 10.1. The smallest absolute Gasteiger partial charge is 0.222 e. The molecule has 1 atom stereocenters. The summed E-state index contributed by atoms with van der Waals surface area (Å²) in [5.74, 6) is 0.246. The maximum absolute atomic E-state index is 12.5. The molecular formula is C20H31N3O2. The molecule has 25 heavy (non-hydrogen) atoms. The molecule has 0 aromatic heterocycles. The van der Waals surface area contributed by atoms with Crippen LogP contribution in [-0.4, -0.2) is 49.4 Å². The van der Waals surface area contributed by atoms with E-state index >= 15 is 0 Å². The molecule has 2 amide bonds. The monoisotopic (exact) mass is 345 g/mol. The molecule has 5 heteroatoms. The number of hydrogen-bond donors (Lipinski definition) is 1. The fourth-order valence-electron chi connectivity index (χ4n) is 3.37. The van der Waals surface area contributed by atoms with Gasteiger partial charge in [-0.1, -0.05) is 24.6 Å². The van der Waals surface area contributed by atoms with Crippen LogP contribution in [0, 0.1) is 0 Å². The lowest BCUT2D eigenvalue weighted by atomic mass is 10.0. The molecular weight excluding hydrogens is 314 g/mol. The van der Waals surface area contributed by atoms with E-state index in [4.69, 9.17) is 0 Å². The first-order valence-corrected chi connectivity index (χ1v) is 9.38. The molecule has 1 unspecified atom stereocenters. The number of carbonyl (C=O) groups excluding carboxylic acids is 2. The summed E-state index contributed by atoms with van der Waals surface area (Å²) in [6, 6.07) is 10.7. The van der Waals surface area contributed by atoms with Gasteiger partial charge >= 0.3 is 0 Å². The summed E-state index contributed by atoms with van der Waals surface area (Å²) in [6.45, 7) is 4.20. The summed E-state index contributed by atoms with van der Waals surface area (Å²) in [4.78, 5) is 27.6. The Morgan fingerprint density at radius 3 is 2.68 bits per heavy atom. The fourth-order valence-corrected chi connectivity index (χ4v) is 3.37. The summed E-state index contributed by atoms with van der Waals surface area (Å²) in [5, 5.41) is 2.79. The standard InChI is InChI=1S/C20H31N3O2/c1-17(24)21-14-8-4-7-13-20(25)22(2)19-12-9-15-23(16-19)18-10-5-3-6-11-18/h3,5-6,10-11,19H,4,7-9,12-16H2,1-2H3,(H,21,24). The van der Waals surface area contributed by atoms with Gasteiger partial charge in [0.2, 0.25) is 11.8 Å². The second-order valence-corrected chi connectivity index (χ2v) is 6.88. The summed E-state index contributed by atoms with van der Waals surface area (Å²) < 4.78 is 0. The minimum absolute atomic E-state index is 0.0103. The van der Waals surface area contributed by atoms with Crippen LogP contribution in [0.25, 0.3) is 0 Å². The zero-order valence-electron chi connectivity index (χ0n) is 15.5. The predicted molar refractivity (Wildman–Crippen MR) is 102 cm³/mol. The molecule has 1 aromatic rings. The third kappa shape index (κ3) is 6.40. The van der Waals surface area contributed by atoms with Crippen molar-refractivity contribution in [1.29, 1.82) is 0 Å². The van der Waals surface area contributed by atoms with Crippen LogP contribution in [0.1, 0.15) is 45.4 Å². The first kappa shape index (κ1) is 19.3. The maximum atomic E-state index is 12.5. The number of carbonyl (C=O) groups is 2. The summed E-state index contributed by atoms with van der Waals surface area (Å²) in [7, 11) is 1.94. The molecule has 1 saturated heterocycles. The van der Waals surface area contributed by atoms with Gasteiger partial charge in [-0.2, -0.15) is 0 Å². The number of amides is 2. The van der Waals surface area contributed by atoms with Crippen LogP contribution in [0.4, 0.5) is 5.69 Å². The van der Waals surface area contributed by atoms with E-state index < -0.39 is 0 Å². The van der Waals surface area contributed by atoms with Crippen molar-refractivity contribution in [3.05, 3.63) is 30.3 Å². The van der Waals surface area contributed by atoms with E-state index in [1.165, 1.54) is 12.6 Å². The highest BCUT2D eigenvalue weighted by Crippen LogP contribution is 2.22. The molecule has 0 saturated carbocycles. The molecule has 1 aliphatic rings. The van der Waals surface area contributed by atoms with Gasteiger partial charge in [0.25, 0.3) is 0 Å². The zero-order chi connectivity index (χ0) is 18.1. The third-order valence-electron chi connectivity index (χ3n) is 4.90. The van der Waals surface area contributed by atoms with Crippen molar-refractivity contribution in [2.75, 3.05) is 31.6 Å². The van der Waals surface area contributed by atoms with Crippen molar-refractivity contribution in [3.63, 3.8) is 0 Å². The Balaban J connectivity index is 1.72. The SMILES string of the molecule is CC(=O)NCCCCCC(=O)N(C)C1CCCN(c2ccccc2)C1. The van der Waals surface area contributed by atoms with Crippen LogP contribution in [0.3, 0.4) is 0 Å². The number of unbranched alkanes of at least 4 members (excludes halogenated alkanes) is 2. The van der Waals surface area contributed by atoms with Crippen molar-refractivity contribution in [1.82, 2.24) is 10.2 Å². The molecule has 1 aliphatic heterocycles. The molecule has 0 spiro atoms. The first-order chi connectivity index (χ1) is 12.1. The highest BCUT2D eigenvalue weighted by molar-refractivity contribution is 5.76.